The first-order valence-electron chi connectivity index (χ1n) is 5.45. The van der Waals surface area contributed by atoms with Crippen molar-refractivity contribution in [1.82, 2.24) is 0 Å². The van der Waals surface area contributed by atoms with Crippen molar-refractivity contribution in [1.29, 1.82) is 5.26 Å². The molecule has 86 valence electrons. The Morgan fingerprint density at radius 1 is 1.35 bits per heavy atom. The van der Waals surface area contributed by atoms with Gasteiger partial charge in [-0.2, -0.15) is 5.26 Å². The highest BCUT2D eigenvalue weighted by Gasteiger charge is 2.09. The Hall–Kier alpha value is -2.21. The summed E-state index contributed by atoms with van der Waals surface area (Å²) in [5, 5.41) is 9.12. The summed E-state index contributed by atoms with van der Waals surface area (Å²) in [4.78, 5) is 2.01. The molecule has 17 heavy (non-hydrogen) atoms. The average Bonchev–Trinajstić information content (AvgIpc) is 2.81. The molecule has 0 aliphatic rings. The van der Waals surface area contributed by atoms with E-state index in [1.807, 2.05) is 49.2 Å². The van der Waals surface area contributed by atoms with Crippen molar-refractivity contribution in [2.45, 2.75) is 13.5 Å². The van der Waals surface area contributed by atoms with E-state index in [9.17, 15) is 0 Å². The molecule has 3 heteroatoms. The van der Waals surface area contributed by atoms with E-state index in [4.69, 9.17) is 9.68 Å². The molecule has 0 N–H and O–H groups in total. The van der Waals surface area contributed by atoms with Crippen molar-refractivity contribution in [2.24, 2.45) is 0 Å². The second-order valence-electron chi connectivity index (χ2n) is 4.07. The Balaban J connectivity index is 2.25. The minimum atomic E-state index is 0.657. The van der Waals surface area contributed by atoms with Gasteiger partial charge in [0.25, 0.3) is 0 Å². The lowest BCUT2D eigenvalue weighted by atomic mass is 10.1. The molecule has 0 atom stereocenters. The van der Waals surface area contributed by atoms with Crippen molar-refractivity contribution in [3.63, 3.8) is 0 Å². The molecule has 0 unspecified atom stereocenters. The smallest absolute Gasteiger partial charge is 0.123 e. The number of anilines is 1. The summed E-state index contributed by atoms with van der Waals surface area (Å²) in [5.41, 5.74) is 2.71. The molecule has 0 fully saturated rings. The molecule has 0 bridgehead atoms. The molecule has 1 aromatic heterocycles. The van der Waals surface area contributed by atoms with Crippen LogP contribution in [0.5, 0.6) is 0 Å². The number of aryl methyl sites for hydroxylation is 1. The van der Waals surface area contributed by atoms with E-state index in [1.165, 1.54) is 0 Å². The number of hydrogen-bond acceptors (Lipinski definition) is 3. The molecule has 0 spiro atoms. The Bertz CT molecular complexity index is 538. The standard InChI is InChI=1S/C14H14N2O/c1-11-5-6-14(12(8-11)9-15)16(2)10-13-4-3-7-17-13/h3-8H,10H2,1-2H3. The van der Waals surface area contributed by atoms with Gasteiger partial charge in [0, 0.05) is 7.05 Å². The Morgan fingerprint density at radius 2 is 2.18 bits per heavy atom. The van der Waals surface area contributed by atoms with Gasteiger partial charge in [-0.15, -0.1) is 0 Å². The van der Waals surface area contributed by atoms with Crippen LogP contribution in [-0.4, -0.2) is 7.05 Å². The maximum absolute atomic E-state index is 9.12. The van der Waals surface area contributed by atoms with Crippen LogP contribution in [0.15, 0.2) is 41.0 Å². The second-order valence-corrected chi connectivity index (χ2v) is 4.07. The zero-order valence-electron chi connectivity index (χ0n) is 9.97. The minimum absolute atomic E-state index is 0.657. The number of nitriles is 1. The molecule has 3 nitrogen and oxygen atoms in total. The summed E-state index contributed by atoms with van der Waals surface area (Å²) >= 11 is 0. The predicted octanol–water partition coefficient (Wildman–Crippen LogP) is 3.10. The predicted molar refractivity (Wildman–Crippen MR) is 66.7 cm³/mol. The van der Waals surface area contributed by atoms with Gasteiger partial charge in [-0.3, -0.25) is 0 Å². The van der Waals surface area contributed by atoms with Gasteiger partial charge in [0.15, 0.2) is 0 Å². The molecule has 2 rings (SSSR count). The van der Waals surface area contributed by atoms with Gasteiger partial charge in [-0.1, -0.05) is 6.07 Å². The number of hydrogen-bond donors (Lipinski definition) is 0. The quantitative estimate of drug-likeness (QED) is 0.807. The normalized spacial score (nSPS) is 9.94. The summed E-state index contributed by atoms with van der Waals surface area (Å²) in [6.07, 6.45) is 1.66. The van der Waals surface area contributed by atoms with E-state index < -0.39 is 0 Å². The van der Waals surface area contributed by atoms with Crippen molar-refractivity contribution in [3.05, 3.63) is 53.5 Å². The fraction of sp³-hybridized carbons (Fsp3) is 0.214. The first kappa shape index (κ1) is 11.3. The monoisotopic (exact) mass is 226 g/mol. The molecule has 0 aliphatic heterocycles. The fourth-order valence-corrected chi connectivity index (χ4v) is 1.79. The highest BCUT2D eigenvalue weighted by molar-refractivity contribution is 5.59. The molecular weight excluding hydrogens is 212 g/mol. The van der Waals surface area contributed by atoms with Crippen LogP contribution in [0.3, 0.4) is 0 Å². The van der Waals surface area contributed by atoms with Crippen LogP contribution in [0.1, 0.15) is 16.9 Å². The van der Waals surface area contributed by atoms with E-state index >= 15 is 0 Å². The van der Waals surface area contributed by atoms with Crippen LogP contribution in [0.2, 0.25) is 0 Å². The number of rotatable bonds is 3. The number of benzene rings is 1. The van der Waals surface area contributed by atoms with Crippen molar-refractivity contribution < 1.29 is 4.42 Å². The molecule has 0 saturated carbocycles. The van der Waals surface area contributed by atoms with Crippen LogP contribution in [-0.2, 0) is 6.54 Å². The van der Waals surface area contributed by atoms with Crippen molar-refractivity contribution in [3.8, 4) is 6.07 Å². The van der Waals surface area contributed by atoms with E-state index in [0.717, 1.165) is 17.0 Å². The lowest BCUT2D eigenvalue weighted by Gasteiger charge is -2.19. The second kappa shape index (κ2) is 4.75. The first-order valence-corrected chi connectivity index (χ1v) is 5.45. The average molecular weight is 226 g/mol. The van der Waals surface area contributed by atoms with Crippen molar-refractivity contribution in [2.75, 3.05) is 11.9 Å². The summed E-state index contributed by atoms with van der Waals surface area (Å²) in [7, 11) is 1.95. The van der Waals surface area contributed by atoms with Gasteiger partial charge in [0.1, 0.15) is 11.8 Å². The molecular formula is C14H14N2O. The topological polar surface area (TPSA) is 40.2 Å². The molecule has 0 radical (unpaired) electrons. The van der Waals surface area contributed by atoms with Crippen LogP contribution in [0, 0.1) is 18.3 Å². The molecule has 0 amide bonds. The van der Waals surface area contributed by atoms with Crippen LogP contribution in [0.25, 0.3) is 0 Å². The van der Waals surface area contributed by atoms with Gasteiger partial charge >= 0.3 is 0 Å². The third-order valence-corrected chi connectivity index (χ3v) is 2.66. The van der Waals surface area contributed by atoms with E-state index in [0.29, 0.717) is 12.1 Å². The Labute approximate surface area is 101 Å². The van der Waals surface area contributed by atoms with Gasteiger partial charge < -0.3 is 9.32 Å². The van der Waals surface area contributed by atoms with Crippen molar-refractivity contribution >= 4 is 5.69 Å². The summed E-state index contributed by atoms with van der Waals surface area (Å²) in [6.45, 7) is 2.64. The largest absolute Gasteiger partial charge is 0.467 e. The van der Waals surface area contributed by atoms with Gasteiger partial charge in [0.2, 0.25) is 0 Å². The van der Waals surface area contributed by atoms with Crippen LogP contribution >= 0.6 is 0 Å². The minimum Gasteiger partial charge on any atom is -0.467 e. The van der Waals surface area contributed by atoms with E-state index in [-0.39, 0.29) is 0 Å². The van der Waals surface area contributed by atoms with E-state index in [1.54, 1.807) is 6.26 Å². The molecule has 0 saturated heterocycles. The summed E-state index contributed by atoms with van der Waals surface area (Å²) < 4.78 is 5.30. The van der Waals surface area contributed by atoms with Crippen LogP contribution < -0.4 is 4.90 Å². The zero-order valence-corrected chi connectivity index (χ0v) is 9.97. The summed E-state index contributed by atoms with van der Waals surface area (Å²) in [5.74, 6) is 0.886. The molecule has 0 aliphatic carbocycles. The van der Waals surface area contributed by atoms with Gasteiger partial charge in [-0.05, 0) is 36.8 Å². The summed E-state index contributed by atoms with van der Waals surface area (Å²) in [6, 6.07) is 11.9. The molecule has 1 aromatic carbocycles. The maximum Gasteiger partial charge on any atom is 0.123 e. The third-order valence-electron chi connectivity index (χ3n) is 2.66. The number of nitrogens with zero attached hydrogens (tertiary/aromatic N) is 2. The first-order chi connectivity index (χ1) is 8.20. The van der Waals surface area contributed by atoms with E-state index in [2.05, 4.69) is 6.07 Å². The van der Waals surface area contributed by atoms with Crippen LogP contribution in [0.4, 0.5) is 5.69 Å². The fourth-order valence-electron chi connectivity index (χ4n) is 1.79. The zero-order chi connectivity index (χ0) is 12.3. The highest BCUT2D eigenvalue weighted by Crippen LogP contribution is 2.21. The highest BCUT2D eigenvalue weighted by atomic mass is 16.3. The SMILES string of the molecule is Cc1ccc(N(C)Cc2ccco2)c(C#N)c1. The number of furan rings is 1. The van der Waals surface area contributed by atoms with Gasteiger partial charge in [0.05, 0.1) is 24.1 Å². The molecule has 1 heterocycles. The lowest BCUT2D eigenvalue weighted by Crippen LogP contribution is -2.17. The Morgan fingerprint density at radius 3 is 2.82 bits per heavy atom. The lowest BCUT2D eigenvalue weighted by molar-refractivity contribution is 0.507. The third kappa shape index (κ3) is 2.48. The molecule has 2 aromatic rings. The van der Waals surface area contributed by atoms with Gasteiger partial charge in [-0.25, -0.2) is 0 Å². The maximum atomic E-state index is 9.12. The Kier molecular flexibility index (Phi) is 3.15.